The fourth-order valence-corrected chi connectivity index (χ4v) is 5.63. The number of nitrogens with zero attached hydrogens (tertiary/aromatic N) is 1. The number of nitrogens with one attached hydrogen (secondary N) is 2. The third kappa shape index (κ3) is 5.33. The molecule has 32 heavy (non-hydrogen) atoms. The van der Waals surface area contributed by atoms with Gasteiger partial charge in [0.15, 0.2) is 0 Å². The summed E-state index contributed by atoms with van der Waals surface area (Å²) in [4.78, 5) is 20.7. The molecule has 1 saturated heterocycles. The Morgan fingerprint density at radius 3 is 2.53 bits per heavy atom. The van der Waals surface area contributed by atoms with Gasteiger partial charge in [0.05, 0.1) is 36.3 Å². The van der Waals surface area contributed by atoms with E-state index in [1.54, 1.807) is 16.7 Å². The van der Waals surface area contributed by atoms with Gasteiger partial charge in [-0.1, -0.05) is 49.0 Å². The standard InChI is InChI=1S/C27H33N3OS/c1-4-21-12-14-22(15-13-21)32-26-18-24(23-10-5-6-11-25(23)29-26)27(31)28-16-17-30-19(2)8-7-9-20(30)3/h5-6,10-15,18-20H,4,7-9,16-17H2,1-3H3,(H,28,31)/p+1. The molecule has 2 atom stereocenters. The van der Waals surface area contributed by atoms with E-state index >= 15 is 0 Å². The number of pyridine rings is 1. The minimum atomic E-state index is -0.0107. The van der Waals surface area contributed by atoms with Gasteiger partial charge in [-0.25, -0.2) is 4.98 Å². The van der Waals surface area contributed by atoms with Gasteiger partial charge in [0.2, 0.25) is 0 Å². The number of hydrogen-bond acceptors (Lipinski definition) is 3. The van der Waals surface area contributed by atoms with Gasteiger partial charge in [-0.05, 0) is 69.4 Å². The van der Waals surface area contributed by atoms with E-state index in [1.165, 1.54) is 24.8 Å². The highest BCUT2D eigenvalue weighted by Crippen LogP contribution is 2.30. The Bertz CT molecular complexity index is 1060. The van der Waals surface area contributed by atoms with Gasteiger partial charge >= 0.3 is 0 Å². The molecule has 1 aliphatic rings. The zero-order valence-electron chi connectivity index (χ0n) is 19.4. The molecule has 0 saturated carbocycles. The summed E-state index contributed by atoms with van der Waals surface area (Å²) in [5, 5.41) is 4.94. The minimum absolute atomic E-state index is 0.0107. The van der Waals surface area contributed by atoms with Crippen LogP contribution in [0.5, 0.6) is 0 Å². The SMILES string of the molecule is CCc1ccc(Sc2cc(C(=O)NCC[NH+]3C(C)CCCC3C)c3ccccc3n2)cc1. The molecule has 3 aromatic rings. The molecule has 1 aromatic heterocycles. The van der Waals surface area contributed by atoms with Crippen molar-refractivity contribution in [3.05, 3.63) is 65.7 Å². The number of carbonyl (C=O) groups is 1. The van der Waals surface area contributed by atoms with E-state index in [2.05, 4.69) is 50.4 Å². The lowest BCUT2D eigenvalue weighted by molar-refractivity contribution is -0.950. The Morgan fingerprint density at radius 2 is 1.81 bits per heavy atom. The van der Waals surface area contributed by atoms with E-state index in [4.69, 9.17) is 4.98 Å². The Morgan fingerprint density at radius 1 is 1.09 bits per heavy atom. The second-order valence-electron chi connectivity index (χ2n) is 8.94. The second kappa shape index (κ2) is 10.5. The molecule has 2 aromatic carbocycles. The highest BCUT2D eigenvalue weighted by atomic mass is 32.2. The van der Waals surface area contributed by atoms with E-state index in [9.17, 15) is 4.79 Å². The van der Waals surface area contributed by atoms with Crippen molar-refractivity contribution in [3.8, 4) is 0 Å². The van der Waals surface area contributed by atoms with Crippen molar-refractivity contribution in [2.45, 2.75) is 68.5 Å². The van der Waals surface area contributed by atoms with Gasteiger partial charge in [0.1, 0.15) is 5.03 Å². The number of quaternary nitrogens is 1. The van der Waals surface area contributed by atoms with Crippen LogP contribution in [0.3, 0.4) is 0 Å². The fraction of sp³-hybridized carbons (Fsp3) is 0.407. The predicted octanol–water partition coefficient (Wildman–Crippen LogP) is 4.52. The predicted molar refractivity (Wildman–Crippen MR) is 133 cm³/mol. The first-order chi connectivity index (χ1) is 15.5. The summed E-state index contributed by atoms with van der Waals surface area (Å²) >= 11 is 1.61. The number of carbonyl (C=O) groups excluding carboxylic acids is 1. The Balaban J connectivity index is 1.50. The first-order valence-corrected chi connectivity index (χ1v) is 12.7. The number of piperidine rings is 1. The smallest absolute Gasteiger partial charge is 0.252 e. The van der Waals surface area contributed by atoms with Gasteiger partial charge in [-0.15, -0.1) is 0 Å². The van der Waals surface area contributed by atoms with Crippen molar-refractivity contribution >= 4 is 28.6 Å². The van der Waals surface area contributed by atoms with Crippen molar-refractivity contribution in [1.29, 1.82) is 0 Å². The summed E-state index contributed by atoms with van der Waals surface area (Å²) in [6.07, 6.45) is 4.91. The molecule has 0 radical (unpaired) electrons. The van der Waals surface area contributed by atoms with E-state index in [1.807, 2.05) is 30.3 Å². The fourth-order valence-electron chi connectivity index (χ4n) is 4.80. The quantitative estimate of drug-likeness (QED) is 0.558. The molecule has 5 heteroatoms. The minimum Gasteiger partial charge on any atom is -0.346 e. The number of aromatic nitrogens is 1. The maximum absolute atomic E-state index is 13.2. The summed E-state index contributed by atoms with van der Waals surface area (Å²) < 4.78 is 0. The number of hydrogen-bond donors (Lipinski definition) is 2. The molecule has 4 rings (SSSR count). The second-order valence-corrected chi connectivity index (χ2v) is 10.0. The average Bonchev–Trinajstić information content (AvgIpc) is 2.81. The third-order valence-corrected chi connectivity index (χ3v) is 7.66. The molecule has 2 heterocycles. The van der Waals surface area contributed by atoms with Crippen LogP contribution in [0.15, 0.2) is 64.5 Å². The van der Waals surface area contributed by atoms with Crippen molar-refractivity contribution < 1.29 is 9.69 Å². The topological polar surface area (TPSA) is 46.4 Å². The summed E-state index contributed by atoms with van der Waals surface area (Å²) in [5.74, 6) is -0.0107. The molecule has 168 valence electrons. The zero-order valence-corrected chi connectivity index (χ0v) is 20.2. The van der Waals surface area contributed by atoms with Gasteiger partial charge in [0.25, 0.3) is 5.91 Å². The van der Waals surface area contributed by atoms with Crippen molar-refractivity contribution in [2.24, 2.45) is 0 Å². The van der Waals surface area contributed by atoms with Gasteiger partial charge in [-0.3, -0.25) is 4.79 Å². The average molecular weight is 449 g/mol. The monoisotopic (exact) mass is 448 g/mol. The molecule has 0 spiro atoms. The van der Waals surface area contributed by atoms with Crippen molar-refractivity contribution in [3.63, 3.8) is 0 Å². The molecule has 1 aliphatic heterocycles. The third-order valence-electron chi connectivity index (χ3n) is 6.73. The number of amides is 1. The molecule has 0 bridgehead atoms. The Labute approximate surface area is 195 Å². The maximum Gasteiger partial charge on any atom is 0.252 e. The van der Waals surface area contributed by atoms with Crippen molar-refractivity contribution in [2.75, 3.05) is 13.1 Å². The van der Waals surface area contributed by atoms with E-state index in [0.717, 1.165) is 33.8 Å². The first-order valence-electron chi connectivity index (χ1n) is 11.9. The lowest BCUT2D eigenvalue weighted by Gasteiger charge is -2.35. The van der Waals surface area contributed by atoms with Crippen LogP contribution in [0.25, 0.3) is 10.9 Å². The number of fused-ring (bicyclic) bond motifs is 1. The lowest BCUT2D eigenvalue weighted by atomic mass is 9.98. The molecule has 2 N–H and O–H groups in total. The molecule has 1 fully saturated rings. The van der Waals surface area contributed by atoms with Crippen molar-refractivity contribution in [1.82, 2.24) is 10.3 Å². The van der Waals surface area contributed by atoms with Crippen LogP contribution in [0.2, 0.25) is 0 Å². The number of benzene rings is 2. The summed E-state index contributed by atoms with van der Waals surface area (Å²) in [6, 6.07) is 19.8. The van der Waals surface area contributed by atoms with Crippen LogP contribution < -0.4 is 10.2 Å². The Kier molecular flexibility index (Phi) is 7.48. The van der Waals surface area contributed by atoms with E-state index in [0.29, 0.717) is 24.2 Å². The number of para-hydroxylation sites is 1. The number of aryl methyl sites for hydroxylation is 1. The van der Waals surface area contributed by atoms with Crippen LogP contribution in [0.4, 0.5) is 0 Å². The molecular weight excluding hydrogens is 414 g/mol. The van der Waals surface area contributed by atoms with Gasteiger partial charge in [0, 0.05) is 10.3 Å². The highest BCUT2D eigenvalue weighted by molar-refractivity contribution is 7.99. The van der Waals surface area contributed by atoms with E-state index < -0.39 is 0 Å². The zero-order chi connectivity index (χ0) is 22.5. The van der Waals surface area contributed by atoms with Crippen LogP contribution in [-0.4, -0.2) is 36.1 Å². The molecule has 4 nitrogen and oxygen atoms in total. The van der Waals surface area contributed by atoms with Crippen LogP contribution in [0, 0.1) is 0 Å². The van der Waals surface area contributed by atoms with E-state index in [-0.39, 0.29) is 5.91 Å². The van der Waals surface area contributed by atoms with Crippen LogP contribution in [-0.2, 0) is 6.42 Å². The molecular formula is C27H34N3OS+. The normalized spacial score (nSPS) is 20.9. The molecule has 1 amide bonds. The largest absolute Gasteiger partial charge is 0.346 e. The lowest BCUT2D eigenvalue weighted by Crippen LogP contribution is -3.19. The highest BCUT2D eigenvalue weighted by Gasteiger charge is 2.28. The van der Waals surface area contributed by atoms with Gasteiger partial charge in [-0.2, -0.15) is 0 Å². The first kappa shape index (κ1) is 22.8. The number of rotatable bonds is 7. The van der Waals surface area contributed by atoms with Crippen LogP contribution in [0.1, 0.15) is 56.0 Å². The summed E-state index contributed by atoms with van der Waals surface area (Å²) in [7, 11) is 0. The number of likely N-dealkylation sites (tertiary alicyclic amines) is 1. The Hall–Kier alpha value is -2.37. The summed E-state index contributed by atoms with van der Waals surface area (Å²) in [5.41, 5.74) is 2.88. The van der Waals surface area contributed by atoms with Crippen LogP contribution >= 0.6 is 11.8 Å². The maximum atomic E-state index is 13.2. The van der Waals surface area contributed by atoms with Gasteiger partial charge < -0.3 is 10.2 Å². The molecule has 2 unspecified atom stereocenters. The molecule has 0 aliphatic carbocycles. The summed E-state index contributed by atoms with van der Waals surface area (Å²) in [6.45, 7) is 8.49.